The molecule has 30 heavy (non-hydrogen) atoms. The largest absolute Gasteiger partial charge is 0.467 e. The van der Waals surface area contributed by atoms with Crippen LogP contribution in [0.3, 0.4) is 0 Å². The average Bonchev–Trinajstić information content (AvgIpc) is 3.24. The van der Waals surface area contributed by atoms with Gasteiger partial charge in [0, 0.05) is 11.3 Å². The molecule has 4 amide bonds. The lowest BCUT2D eigenvalue weighted by Gasteiger charge is -2.19. The standard InChI is InChI=1S/C21H25N5O4/c1-14(2)12-18(20(28)23-10-9-22)26-19(27)15-5-7-16(8-6-15)25-21(29)24-13-17-4-3-11-30-17/h3-8,11,14,18H,10,12-13H2,1-2H3,(H,23,28)(H,26,27)(H2,24,25,29). The molecule has 2 rings (SSSR count). The Hall–Kier alpha value is -3.80. The summed E-state index contributed by atoms with van der Waals surface area (Å²) in [5.74, 6) is -0.00646. The Morgan fingerprint density at radius 2 is 1.83 bits per heavy atom. The van der Waals surface area contributed by atoms with Crippen molar-refractivity contribution in [3.05, 3.63) is 54.0 Å². The zero-order valence-corrected chi connectivity index (χ0v) is 16.9. The first-order valence-corrected chi connectivity index (χ1v) is 9.52. The van der Waals surface area contributed by atoms with E-state index >= 15 is 0 Å². The molecule has 2 aromatic rings. The number of nitrogens with one attached hydrogen (secondary N) is 4. The van der Waals surface area contributed by atoms with Crippen molar-refractivity contribution < 1.29 is 18.8 Å². The Morgan fingerprint density at radius 1 is 1.10 bits per heavy atom. The minimum absolute atomic E-state index is 0.119. The highest BCUT2D eigenvalue weighted by molar-refractivity contribution is 5.98. The highest BCUT2D eigenvalue weighted by Crippen LogP contribution is 2.11. The van der Waals surface area contributed by atoms with Crippen LogP contribution < -0.4 is 21.3 Å². The van der Waals surface area contributed by atoms with Gasteiger partial charge in [-0.25, -0.2) is 4.79 Å². The van der Waals surface area contributed by atoms with Crippen LogP contribution in [0, 0.1) is 17.2 Å². The number of hydrogen-bond donors (Lipinski definition) is 4. The summed E-state index contributed by atoms with van der Waals surface area (Å²) in [4.78, 5) is 36.6. The summed E-state index contributed by atoms with van der Waals surface area (Å²) in [6.45, 7) is 4.01. The number of carbonyl (C=O) groups is 3. The van der Waals surface area contributed by atoms with Crippen molar-refractivity contribution in [3.63, 3.8) is 0 Å². The lowest BCUT2D eigenvalue weighted by atomic mass is 10.0. The third-order valence-corrected chi connectivity index (χ3v) is 4.08. The predicted octanol–water partition coefficient (Wildman–Crippen LogP) is 2.39. The zero-order chi connectivity index (χ0) is 21.9. The van der Waals surface area contributed by atoms with E-state index in [1.54, 1.807) is 36.4 Å². The second kappa shape index (κ2) is 11.3. The quantitative estimate of drug-likeness (QED) is 0.470. The van der Waals surface area contributed by atoms with Crippen LogP contribution in [0.4, 0.5) is 10.5 Å². The third-order valence-electron chi connectivity index (χ3n) is 4.08. The summed E-state index contributed by atoms with van der Waals surface area (Å²) in [6, 6.07) is 10.5. The normalized spacial score (nSPS) is 11.3. The van der Waals surface area contributed by atoms with Crippen LogP contribution >= 0.6 is 0 Å². The van der Waals surface area contributed by atoms with E-state index in [1.807, 2.05) is 19.9 Å². The molecule has 0 fully saturated rings. The molecule has 1 aromatic carbocycles. The van der Waals surface area contributed by atoms with Gasteiger partial charge in [0.05, 0.1) is 18.9 Å². The molecular formula is C21H25N5O4. The van der Waals surface area contributed by atoms with E-state index in [0.717, 1.165) is 0 Å². The lowest BCUT2D eigenvalue weighted by Crippen LogP contribution is -2.47. The summed E-state index contributed by atoms with van der Waals surface area (Å²) in [5.41, 5.74) is 0.854. The van der Waals surface area contributed by atoms with Gasteiger partial charge in [0.2, 0.25) is 5.91 Å². The maximum absolute atomic E-state index is 12.5. The minimum atomic E-state index is -0.740. The second-order valence-electron chi connectivity index (χ2n) is 7.00. The molecule has 158 valence electrons. The Kier molecular flexibility index (Phi) is 8.44. The van der Waals surface area contributed by atoms with E-state index in [-0.39, 0.29) is 19.0 Å². The Bertz CT molecular complexity index is 885. The summed E-state index contributed by atoms with van der Waals surface area (Å²) in [6.07, 6.45) is 1.97. The van der Waals surface area contributed by atoms with E-state index in [9.17, 15) is 14.4 Å². The van der Waals surface area contributed by atoms with Crippen LogP contribution in [0.25, 0.3) is 0 Å². The summed E-state index contributed by atoms with van der Waals surface area (Å²) >= 11 is 0. The van der Waals surface area contributed by atoms with Crippen molar-refractivity contribution in [1.29, 1.82) is 5.26 Å². The van der Waals surface area contributed by atoms with Gasteiger partial charge in [0.1, 0.15) is 18.3 Å². The smallest absolute Gasteiger partial charge is 0.319 e. The lowest BCUT2D eigenvalue weighted by molar-refractivity contribution is -0.123. The van der Waals surface area contributed by atoms with Gasteiger partial charge >= 0.3 is 6.03 Å². The average molecular weight is 411 g/mol. The first-order valence-electron chi connectivity index (χ1n) is 9.52. The molecule has 0 aliphatic heterocycles. The topological polar surface area (TPSA) is 136 Å². The van der Waals surface area contributed by atoms with E-state index < -0.39 is 23.9 Å². The predicted molar refractivity (Wildman–Crippen MR) is 110 cm³/mol. The van der Waals surface area contributed by atoms with E-state index in [2.05, 4.69) is 21.3 Å². The van der Waals surface area contributed by atoms with Gasteiger partial charge in [-0.15, -0.1) is 0 Å². The number of benzene rings is 1. The Labute approximate surface area is 174 Å². The molecule has 0 saturated carbocycles. The molecule has 1 atom stereocenters. The molecule has 1 aromatic heterocycles. The number of hydrogen-bond acceptors (Lipinski definition) is 5. The fourth-order valence-electron chi connectivity index (χ4n) is 2.66. The minimum Gasteiger partial charge on any atom is -0.467 e. The molecule has 0 bridgehead atoms. The number of anilines is 1. The summed E-state index contributed by atoms with van der Waals surface area (Å²) < 4.78 is 5.14. The monoisotopic (exact) mass is 411 g/mol. The third kappa shape index (κ3) is 7.31. The van der Waals surface area contributed by atoms with Gasteiger partial charge in [-0.3, -0.25) is 9.59 Å². The number of nitrogens with zero attached hydrogens (tertiary/aromatic N) is 1. The first kappa shape index (κ1) is 22.5. The maximum atomic E-state index is 12.5. The van der Waals surface area contributed by atoms with Crippen LogP contribution in [0.5, 0.6) is 0 Å². The summed E-state index contributed by atoms with van der Waals surface area (Å²) in [5, 5.41) is 19.1. The molecule has 0 spiro atoms. The van der Waals surface area contributed by atoms with Crippen molar-refractivity contribution in [2.24, 2.45) is 5.92 Å². The highest BCUT2D eigenvalue weighted by atomic mass is 16.3. The molecule has 0 saturated heterocycles. The molecule has 1 heterocycles. The van der Waals surface area contributed by atoms with Gasteiger partial charge in [-0.2, -0.15) is 5.26 Å². The van der Waals surface area contributed by atoms with Gasteiger partial charge in [0.15, 0.2) is 0 Å². The number of furan rings is 1. The molecule has 0 radical (unpaired) electrons. The molecule has 9 nitrogen and oxygen atoms in total. The fourth-order valence-corrected chi connectivity index (χ4v) is 2.66. The number of carbonyl (C=O) groups excluding carboxylic acids is 3. The van der Waals surface area contributed by atoms with E-state index in [0.29, 0.717) is 23.4 Å². The van der Waals surface area contributed by atoms with Crippen LogP contribution in [-0.4, -0.2) is 30.4 Å². The van der Waals surface area contributed by atoms with Gasteiger partial charge in [-0.1, -0.05) is 13.8 Å². The van der Waals surface area contributed by atoms with Crippen molar-refractivity contribution in [3.8, 4) is 6.07 Å². The summed E-state index contributed by atoms with van der Waals surface area (Å²) in [7, 11) is 0. The van der Waals surface area contributed by atoms with Crippen molar-refractivity contribution in [1.82, 2.24) is 16.0 Å². The SMILES string of the molecule is CC(C)CC(NC(=O)c1ccc(NC(=O)NCc2ccco2)cc1)C(=O)NCC#N. The molecule has 1 unspecified atom stereocenters. The molecule has 0 aliphatic rings. The first-order chi connectivity index (χ1) is 14.4. The van der Waals surface area contributed by atoms with Gasteiger partial charge < -0.3 is 25.7 Å². The van der Waals surface area contributed by atoms with Gasteiger partial charge in [0.25, 0.3) is 5.91 Å². The molecule has 0 aliphatic carbocycles. The van der Waals surface area contributed by atoms with Crippen LogP contribution in [-0.2, 0) is 11.3 Å². The zero-order valence-electron chi connectivity index (χ0n) is 16.9. The Morgan fingerprint density at radius 3 is 2.43 bits per heavy atom. The van der Waals surface area contributed by atoms with Crippen LogP contribution in [0.15, 0.2) is 47.1 Å². The Balaban J connectivity index is 1.91. The van der Waals surface area contributed by atoms with E-state index in [1.165, 1.54) is 6.26 Å². The second-order valence-corrected chi connectivity index (χ2v) is 7.00. The molecule has 4 N–H and O–H groups in total. The molecule has 9 heteroatoms. The molecular weight excluding hydrogens is 386 g/mol. The number of nitriles is 1. The number of rotatable bonds is 9. The number of urea groups is 1. The highest BCUT2D eigenvalue weighted by Gasteiger charge is 2.22. The van der Waals surface area contributed by atoms with E-state index in [4.69, 9.17) is 9.68 Å². The van der Waals surface area contributed by atoms with Crippen molar-refractivity contribution >= 4 is 23.5 Å². The van der Waals surface area contributed by atoms with Gasteiger partial charge in [-0.05, 0) is 48.7 Å². The number of amides is 4. The van der Waals surface area contributed by atoms with Crippen molar-refractivity contribution in [2.75, 3.05) is 11.9 Å². The van der Waals surface area contributed by atoms with Crippen molar-refractivity contribution in [2.45, 2.75) is 32.9 Å². The maximum Gasteiger partial charge on any atom is 0.319 e. The fraction of sp³-hybridized carbons (Fsp3) is 0.333. The van der Waals surface area contributed by atoms with Crippen LogP contribution in [0.1, 0.15) is 36.4 Å². The van der Waals surface area contributed by atoms with Crippen LogP contribution in [0.2, 0.25) is 0 Å².